The van der Waals surface area contributed by atoms with Gasteiger partial charge < -0.3 is 20.3 Å². The third kappa shape index (κ3) is 5.35. The van der Waals surface area contributed by atoms with Crippen molar-refractivity contribution in [2.24, 2.45) is 24.6 Å². The Balaban J connectivity index is 1.38. The summed E-state index contributed by atoms with van der Waals surface area (Å²) in [5.74, 6) is -1.16. The largest absolute Gasteiger partial charge is 0.477 e. The second-order valence-electron chi connectivity index (χ2n) is 11.1. The molecule has 1 aliphatic carbocycles. The molecule has 1 saturated heterocycles. The van der Waals surface area contributed by atoms with Crippen LogP contribution in [0.15, 0.2) is 54.6 Å². The summed E-state index contributed by atoms with van der Waals surface area (Å²) in [4.78, 5) is 41.1. The molecule has 0 radical (unpaired) electrons. The van der Waals surface area contributed by atoms with Crippen LogP contribution in [0, 0.1) is 11.8 Å². The Hall–Kier alpha value is -3.52. The van der Waals surface area contributed by atoms with Gasteiger partial charge in [-0.1, -0.05) is 36.4 Å². The highest BCUT2D eigenvalue weighted by molar-refractivity contribution is 5.96. The van der Waals surface area contributed by atoms with Gasteiger partial charge in [-0.05, 0) is 67.3 Å². The lowest BCUT2D eigenvalue weighted by atomic mass is 9.78. The van der Waals surface area contributed by atoms with Crippen LogP contribution in [0.5, 0.6) is 0 Å². The number of hydrogen-bond acceptors (Lipinski definition) is 4. The van der Waals surface area contributed by atoms with E-state index in [9.17, 15) is 23.9 Å². The smallest absolute Gasteiger partial charge is 0.352 e. The Bertz CT molecular complexity index is 1360. The first kappa shape index (κ1) is 27.1. The third-order valence-electron chi connectivity index (χ3n) is 8.85. The number of Topliss-reactive ketones (excluding diaryl/α,β-unsaturated/α-hetero) is 1. The van der Waals surface area contributed by atoms with Crippen molar-refractivity contribution >= 4 is 28.6 Å². The van der Waals surface area contributed by atoms with Crippen molar-refractivity contribution in [3.63, 3.8) is 0 Å². The van der Waals surface area contributed by atoms with Crippen LogP contribution in [-0.2, 0) is 23.1 Å². The van der Waals surface area contributed by atoms with Gasteiger partial charge in [-0.25, -0.2) is 9.18 Å². The molecule has 3 atom stereocenters. The zero-order valence-electron chi connectivity index (χ0n) is 22.3. The number of ketones is 1. The van der Waals surface area contributed by atoms with Crippen molar-refractivity contribution in [2.75, 3.05) is 13.2 Å². The van der Waals surface area contributed by atoms with Crippen molar-refractivity contribution in [3.8, 4) is 0 Å². The summed E-state index contributed by atoms with van der Waals surface area (Å²) in [7, 11) is 1.71. The van der Waals surface area contributed by atoms with Gasteiger partial charge in [0.2, 0.25) is 5.91 Å². The summed E-state index contributed by atoms with van der Waals surface area (Å²) in [6.07, 6.45) is 3.66. The third-order valence-corrected chi connectivity index (χ3v) is 8.85. The van der Waals surface area contributed by atoms with Gasteiger partial charge in [0.15, 0.2) is 5.78 Å². The second-order valence-corrected chi connectivity index (χ2v) is 11.1. The normalized spacial score (nSPS) is 24.1. The number of hydrogen-bond donors (Lipinski definition) is 2. The van der Waals surface area contributed by atoms with Gasteiger partial charge in [-0.15, -0.1) is 0 Å². The summed E-state index contributed by atoms with van der Waals surface area (Å²) in [5.41, 5.74) is 8.74. The van der Waals surface area contributed by atoms with Crippen molar-refractivity contribution in [2.45, 2.75) is 56.5 Å². The van der Waals surface area contributed by atoms with E-state index in [4.69, 9.17) is 5.73 Å². The number of halogens is 1. The lowest BCUT2D eigenvalue weighted by Gasteiger charge is -2.35. The first-order chi connectivity index (χ1) is 18.8. The molecular weight excluding hydrogens is 497 g/mol. The Kier molecular flexibility index (Phi) is 7.84. The molecule has 2 fully saturated rings. The van der Waals surface area contributed by atoms with E-state index in [0.29, 0.717) is 25.8 Å². The molecular formula is C31H36FN3O4. The highest BCUT2D eigenvalue weighted by Crippen LogP contribution is 2.38. The summed E-state index contributed by atoms with van der Waals surface area (Å²) in [5, 5.41) is 10.2. The first-order valence-corrected chi connectivity index (χ1v) is 13.8. The average Bonchev–Trinajstić information content (AvgIpc) is 3.54. The zero-order chi connectivity index (χ0) is 27.7. The maximum Gasteiger partial charge on any atom is 0.352 e. The van der Waals surface area contributed by atoms with E-state index in [1.165, 1.54) is 0 Å². The molecule has 2 heterocycles. The van der Waals surface area contributed by atoms with Crippen molar-refractivity contribution in [3.05, 3.63) is 71.4 Å². The van der Waals surface area contributed by atoms with E-state index < -0.39 is 24.7 Å². The van der Waals surface area contributed by atoms with Crippen LogP contribution in [0.1, 0.15) is 59.6 Å². The molecule has 39 heavy (non-hydrogen) atoms. The predicted octanol–water partition coefficient (Wildman–Crippen LogP) is 4.48. The number of nitrogens with two attached hydrogens (primary N) is 1. The molecule has 1 saturated carbocycles. The SMILES string of the molecule is Cn1c(C(=O)O)cc2cc(CC(=O)[C@@H]3[C@H](c4ccccc4)CCN3C(=O)C3CCC(C(N)CF)CC3)ccc21. The molecule has 1 aromatic heterocycles. The Labute approximate surface area is 227 Å². The number of alkyl halides is 1. The van der Waals surface area contributed by atoms with E-state index in [1.54, 1.807) is 22.6 Å². The summed E-state index contributed by atoms with van der Waals surface area (Å²) < 4.78 is 14.7. The number of aryl methyl sites for hydroxylation is 1. The minimum Gasteiger partial charge on any atom is -0.477 e. The van der Waals surface area contributed by atoms with E-state index in [0.717, 1.165) is 34.9 Å². The van der Waals surface area contributed by atoms with Crippen molar-refractivity contribution < 1.29 is 23.9 Å². The molecule has 206 valence electrons. The lowest BCUT2D eigenvalue weighted by molar-refractivity contribution is -0.142. The van der Waals surface area contributed by atoms with Crippen LogP contribution in [0.3, 0.4) is 0 Å². The van der Waals surface area contributed by atoms with E-state index in [1.807, 2.05) is 48.5 Å². The molecule has 2 aliphatic rings. The summed E-state index contributed by atoms with van der Waals surface area (Å²) in [6.45, 7) is -0.0183. The number of carboxylic acid groups (broad SMARTS) is 1. The van der Waals surface area contributed by atoms with Gasteiger partial charge in [-0.2, -0.15) is 0 Å². The number of likely N-dealkylation sites (tertiary alicyclic amines) is 1. The number of fused-ring (bicyclic) bond motifs is 1. The van der Waals surface area contributed by atoms with Crippen LogP contribution in [-0.4, -0.2) is 57.5 Å². The number of carbonyl (C=O) groups excluding carboxylic acids is 2. The zero-order valence-corrected chi connectivity index (χ0v) is 22.3. The highest BCUT2D eigenvalue weighted by atomic mass is 19.1. The van der Waals surface area contributed by atoms with Gasteiger partial charge >= 0.3 is 5.97 Å². The molecule has 1 amide bonds. The molecule has 2 aromatic carbocycles. The fourth-order valence-electron chi connectivity index (χ4n) is 6.66. The first-order valence-electron chi connectivity index (χ1n) is 13.8. The maximum absolute atomic E-state index is 13.9. The highest BCUT2D eigenvalue weighted by Gasteiger charge is 2.44. The quantitative estimate of drug-likeness (QED) is 0.444. The Morgan fingerprint density at radius 3 is 2.41 bits per heavy atom. The van der Waals surface area contributed by atoms with Crippen LogP contribution < -0.4 is 5.73 Å². The Morgan fingerprint density at radius 2 is 1.74 bits per heavy atom. The van der Waals surface area contributed by atoms with Gasteiger partial charge in [-0.3, -0.25) is 9.59 Å². The van der Waals surface area contributed by atoms with E-state index in [-0.39, 0.29) is 41.6 Å². The lowest BCUT2D eigenvalue weighted by Crippen LogP contribution is -2.47. The van der Waals surface area contributed by atoms with E-state index in [2.05, 4.69) is 0 Å². The van der Waals surface area contributed by atoms with Gasteiger partial charge in [0, 0.05) is 48.8 Å². The number of carbonyl (C=O) groups is 3. The molecule has 7 nitrogen and oxygen atoms in total. The number of rotatable bonds is 8. The van der Waals surface area contributed by atoms with Crippen LogP contribution in [0.4, 0.5) is 4.39 Å². The maximum atomic E-state index is 13.9. The van der Waals surface area contributed by atoms with E-state index >= 15 is 0 Å². The predicted molar refractivity (Wildman–Crippen MR) is 147 cm³/mol. The Morgan fingerprint density at radius 1 is 1.03 bits per heavy atom. The molecule has 1 aliphatic heterocycles. The van der Waals surface area contributed by atoms with Crippen LogP contribution in [0.25, 0.3) is 10.9 Å². The molecule has 3 aromatic rings. The average molecular weight is 534 g/mol. The standard InChI is InChI=1S/C31H36FN3O4/c1-34-26-12-7-19(15-23(26)17-27(34)31(38)39)16-28(36)29-24(20-5-3-2-4-6-20)13-14-35(29)30(37)22-10-8-21(9-11-22)25(33)18-32/h2-7,12,15,17,21-22,24-25,29H,8-11,13-14,16,18,33H2,1H3,(H,38,39)/t21?,22?,24-,25?,29-/m0/s1. The number of aromatic nitrogens is 1. The second kappa shape index (κ2) is 11.3. The summed E-state index contributed by atoms with van der Waals surface area (Å²) >= 11 is 0. The van der Waals surface area contributed by atoms with Crippen molar-refractivity contribution in [1.29, 1.82) is 0 Å². The molecule has 0 bridgehead atoms. The molecule has 5 rings (SSSR count). The molecule has 0 spiro atoms. The molecule has 8 heteroatoms. The number of amides is 1. The molecule has 3 N–H and O–H groups in total. The van der Waals surface area contributed by atoms with Gasteiger partial charge in [0.05, 0.1) is 6.04 Å². The van der Waals surface area contributed by atoms with Crippen molar-refractivity contribution in [1.82, 2.24) is 9.47 Å². The minimum atomic E-state index is -1.00. The monoisotopic (exact) mass is 533 g/mol. The van der Waals surface area contributed by atoms with Crippen LogP contribution in [0.2, 0.25) is 0 Å². The number of benzene rings is 2. The fourth-order valence-corrected chi connectivity index (χ4v) is 6.66. The summed E-state index contributed by atoms with van der Waals surface area (Å²) in [6, 6.07) is 16.1. The number of aromatic carboxylic acids is 1. The number of carboxylic acids is 1. The van der Waals surface area contributed by atoms with Gasteiger partial charge in [0.25, 0.3) is 0 Å². The number of nitrogens with zero attached hydrogens (tertiary/aromatic N) is 2. The minimum absolute atomic E-state index is 0.0171. The van der Waals surface area contributed by atoms with Crippen LogP contribution >= 0.6 is 0 Å². The fraction of sp³-hybridized carbons (Fsp3) is 0.452. The topological polar surface area (TPSA) is 106 Å². The van der Waals surface area contributed by atoms with Gasteiger partial charge in [0.1, 0.15) is 12.4 Å². The molecule has 1 unspecified atom stereocenters.